The number of rotatable bonds is 1. The van der Waals surface area contributed by atoms with E-state index in [0.29, 0.717) is 18.7 Å². The number of carbonyl (C=O) groups excluding carboxylic acids is 1. The standard InChI is InChI=1S/C14H18FNO3/c1-14(2,3)19-13(18)16-7-9(8-16)11-6-10(15)4-5-12(11)17/h4-6,9,17H,7-8H2,1-3H3. The van der Waals surface area contributed by atoms with Crippen LogP contribution in [0.1, 0.15) is 32.3 Å². The molecule has 0 aliphatic carbocycles. The van der Waals surface area contributed by atoms with Crippen molar-refractivity contribution in [2.45, 2.75) is 32.3 Å². The van der Waals surface area contributed by atoms with Gasteiger partial charge in [-0.2, -0.15) is 0 Å². The lowest BCUT2D eigenvalue weighted by molar-refractivity contribution is 0.00798. The quantitative estimate of drug-likeness (QED) is 0.851. The van der Waals surface area contributed by atoms with Gasteiger partial charge in [0.15, 0.2) is 0 Å². The summed E-state index contributed by atoms with van der Waals surface area (Å²) in [6.45, 7) is 6.29. The van der Waals surface area contributed by atoms with Crippen molar-refractivity contribution in [3.8, 4) is 5.75 Å². The van der Waals surface area contributed by atoms with Crippen LogP contribution < -0.4 is 0 Å². The Morgan fingerprint density at radius 1 is 1.42 bits per heavy atom. The molecule has 0 atom stereocenters. The smallest absolute Gasteiger partial charge is 0.410 e. The predicted molar refractivity (Wildman–Crippen MR) is 68.6 cm³/mol. The number of ether oxygens (including phenoxy) is 1. The van der Waals surface area contributed by atoms with Crippen molar-refractivity contribution in [2.75, 3.05) is 13.1 Å². The molecular weight excluding hydrogens is 249 g/mol. The van der Waals surface area contributed by atoms with E-state index in [4.69, 9.17) is 4.74 Å². The molecule has 4 nitrogen and oxygen atoms in total. The van der Waals surface area contributed by atoms with Gasteiger partial charge < -0.3 is 14.7 Å². The molecule has 0 unspecified atom stereocenters. The van der Waals surface area contributed by atoms with Crippen molar-refractivity contribution in [2.24, 2.45) is 0 Å². The number of likely N-dealkylation sites (tertiary alicyclic amines) is 1. The summed E-state index contributed by atoms with van der Waals surface area (Å²) in [5.41, 5.74) is 0.0169. The van der Waals surface area contributed by atoms with Crippen LogP contribution in [0.25, 0.3) is 0 Å². The second kappa shape index (κ2) is 4.72. The number of halogens is 1. The van der Waals surface area contributed by atoms with Gasteiger partial charge in [-0.25, -0.2) is 9.18 Å². The predicted octanol–water partition coefficient (Wildman–Crippen LogP) is 2.87. The maximum Gasteiger partial charge on any atom is 0.410 e. The maximum atomic E-state index is 13.1. The summed E-state index contributed by atoms with van der Waals surface area (Å²) in [6.07, 6.45) is -0.375. The van der Waals surface area contributed by atoms with Crippen LogP contribution in [0, 0.1) is 5.82 Å². The average molecular weight is 267 g/mol. The number of phenolic OH excluding ortho intramolecular Hbond substituents is 1. The highest BCUT2D eigenvalue weighted by Gasteiger charge is 2.35. The van der Waals surface area contributed by atoms with Crippen molar-refractivity contribution >= 4 is 6.09 Å². The van der Waals surface area contributed by atoms with Crippen molar-refractivity contribution in [3.63, 3.8) is 0 Å². The Kier molecular flexibility index (Phi) is 3.39. The molecule has 104 valence electrons. The fourth-order valence-corrected chi connectivity index (χ4v) is 2.00. The van der Waals surface area contributed by atoms with Gasteiger partial charge in [-0.05, 0) is 39.0 Å². The lowest BCUT2D eigenvalue weighted by Crippen LogP contribution is -2.50. The van der Waals surface area contributed by atoms with Crippen LogP contribution >= 0.6 is 0 Å². The van der Waals surface area contributed by atoms with Crippen molar-refractivity contribution in [1.29, 1.82) is 0 Å². The molecule has 1 aliphatic heterocycles. The lowest BCUT2D eigenvalue weighted by atomic mass is 9.91. The van der Waals surface area contributed by atoms with Gasteiger partial charge in [-0.1, -0.05) is 0 Å². The van der Waals surface area contributed by atoms with E-state index in [1.54, 1.807) is 25.7 Å². The van der Waals surface area contributed by atoms with Crippen LogP contribution in [0.2, 0.25) is 0 Å². The van der Waals surface area contributed by atoms with Gasteiger partial charge in [0.25, 0.3) is 0 Å². The molecule has 0 bridgehead atoms. The third kappa shape index (κ3) is 3.16. The van der Waals surface area contributed by atoms with E-state index in [1.807, 2.05) is 0 Å². The zero-order valence-corrected chi connectivity index (χ0v) is 11.3. The average Bonchev–Trinajstić information content (AvgIpc) is 2.18. The summed E-state index contributed by atoms with van der Waals surface area (Å²) in [6, 6.07) is 3.86. The second-order valence-electron chi connectivity index (χ2n) is 5.79. The van der Waals surface area contributed by atoms with E-state index in [0.717, 1.165) is 0 Å². The maximum absolute atomic E-state index is 13.1. The van der Waals surface area contributed by atoms with E-state index in [2.05, 4.69) is 0 Å². The van der Waals surface area contributed by atoms with Crippen molar-refractivity contribution < 1.29 is 19.0 Å². The molecule has 19 heavy (non-hydrogen) atoms. The monoisotopic (exact) mass is 267 g/mol. The van der Waals surface area contributed by atoms with E-state index in [9.17, 15) is 14.3 Å². The van der Waals surface area contributed by atoms with Crippen LogP contribution in [0.3, 0.4) is 0 Å². The minimum atomic E-state index is -0.525. The van der Waals surface area contributed by atoms with Crippen LogP contribution in [0.5, 0.6) is 5.75 Å². The second-order valence-corrected chi connectivity index (χ2v) is 5.79. The van der Waals surface area contributed by atoms with Crippen LogP contribution in [0.4, 0.5) is 9.18 Å². The number of phenols is 1. The lowest BCUT2D eigenvalue weighted by Gasteiger charge is -2.40. The van der Waals surface area contributed by atoms with E-state index in [-0.39, 0.29) is 23.6 Å². The highest BCUT2D eigenvalue weighted by Crippen LogP contribution is 2.34. The van der Waals surface area contributed by atoms with E-state index < -0.39 is 5.60 Å². The van der Waals surface area contributed by atoms with Gasteiger partial charge in [0.1, 0.15) is 17.2 Å². The van der Waals surface area contributed by atoms with Crippen LogP contribution in [-0.4, -0.2) is 34.8 Å². The molecule has 0 spiro atoms. The summed E-state index contributed by atoms with van der Waals surface area (Å²) in [5.74, 6) is -0.359. The molecular formula is C14H18FNO3. The molecule has 1 fully saturated rings. The van der Waals surface area contributed by atoms with Gasteiger partial charge in [-0.3, -0.25) is 0 Å². The third-order valence-electron chi connectivity index (χ3n) is 2.96. The molecule has 1 amide bonds. The first kappa shape index (κ1) is 13.6. The minimum absolute atomic E-state index is 0.0387. The summed E-state index contributed by atoms with van der Waals surface area (Å²) in [7, 11) is 0. The Morgan fingerprint density at radius 2 is 2.05 bits per heavy atom. The molecule has 0 aromatic heterocycles. The van der Waals surface area contributed by atoms with Gasteiger partial charge >= 0.3 is 6.09 Å². The van der Waals surface area contributed by atoms with E-state index >= 15 is 0 Å². The molecule has 2 rings (SSSR count). The molecule has 1 saturated heterocycles. The third-order valence-corrected chi connectivity index (χ3v) is 2.96. The summed E-state index contributed by atoms with van der Waals surface area (Å²) in [5, 5.41) is 9.68. The first-order chi connectivity index (χ1) is 8.76. The van der Waals surface area contributed by atoms with Gasteiger partial charge in [-0.15, -0.1) is 0 Å². The molecule has 1 aromatic carbocycles. The fraction of sp³-hybridized carbons (Fsp3) is 0.500. The molecule has 0 radical (unpaired) electrons. The zero-order chi connectivity index (χ0) is 14.2. The van der Waals surface area contributed by atoms with Gasteiger partial charge in [0.05, 0.1) is 0 Å². The molecule has 1 aliphatic rings. The topological polar surface area (TPSA) is 49.8 Å². The van der Waals surface area contributed by atoms with Crippen molar-refractivity contribution in [3.05, 3.63) is 29.6 Å². The SMILES string of the molecule is CC(C)(C)OC(=O)N1CC(c2cc(F)ccc2O)C1. The minimum Gasteiger partial charge on any atom is -0.508 e. The number of hydrogen-bond acceptors (Lipinski definition) is 3. The van der Waals surface area contributed by atoms with Crippen LogP contribution in [-0.2, 0) is 4.74 Å². The van der Waals surface area contributed by atoms with E-state index in [1.165, 1.54) is 18.2 Å². The Morgan fingerprint density at radius 3 is 2.63 bits per heavy atom. The molecule has 1 heterocycles. The Balaban J connectivity index is 1.96. The molecule has 5 heteroatoms. The zero-order valence-electron chi connectivity index (χ0n) is 11.3. The molecule has 1 N–H and O–H groups in total. The Bertz CT molecular complexity index is 490. The summed E-state index contributed by atoms with van der Waals surface area (Å²) < 4.78 is 18.4. The summed E-state index contributed by atoms with van der Waals surface area (Å²) >= 11 is 0. The fourth-order valence-electron chi connectivity index (χ4n) is 2.00. The number of benzene rings is 1. The van der Waals surface area contributed by atoms with Crippen molar-refractivity contribution in [1.82, 2.24) is 4.90 Å². The number of nitrogens with zero attached hydrogens (tertiary/aromatic N) is 1. The van der Waals surface area contributed by atoms with Gasteiger partial charge in [0, 0.05) is 24.6 Å². The number of carbonyl (C=O) groups is 1. The molecule has 1 aromatic rings. The largest absolute Gasteiger partial charge is 0.508 e. The first-order valence-corrected chi connectivity index (χ1v) is 6.22. The normalized spacial score (nSPS) is 16.1. The Labute approximate surface area is 111 Å². The van der Waals surface area contributed by atoms with Gasteiger partial charge in [0.2, 0.25) is 0 Å². The number of hydrogen-bond donors (Lipinski definition) is 1. The molecule has 0 saturated carbocycles. The number of amides is 1. The highest BCUT2D eigenvalue weighted by molar-refractivity contribution is 5.69. The van der Waals surface area contributed by atoms with Crippen LogP contribution in [0.15, 0.2) is 18.2 Å². The first-order valence-electron chi connectivity index (χ1n) is 6.22. The highest BCUT2D eigenvalue weighted by atomic mass is 19.1. The number of aromatic hydroxyl groups is 1. The Hall–Kier alpha value is -1.78. The summed E-state index contributed by atoms with van der Waals surface area (Å²) in [4.78, 5) is 13.3.